The molecule has 1 aliphatic rings. The average Bonchev–Trinajstić information content (AvgIpc) is 2.96. The summed E-state index contributed by atoms with van der Waals surface area (Å²) in [5.74, 6) is 1.81. The number of hydrogen-bond acceptors (Lipinski definition) is 3. The molecule has 1 unspecified atom stereocenters. The van der Waals surface area contributed by atoms with Crippen molar-refractivity contribution in [2.24, 2.45) is 4.99 Å². The van der Waals surface area contributed by atoms with Crippen LogP contribution in [0.1, 0.15) is 44.7 Å². The number of rotatable bonds is 7. The third-order valence-electron chi connectivity index (χ3n) is 4.51. The molecule has 5 nitrogen and oxygen atoms in total. The number of ether oxygens (including phenoxy) is 1. The second-order valence-electron chi connectivity index (χ2n) is 7.13. The quantitative estimate of drug-likeness (QED) is 0.589. The van der Waals surface area contributed by atoms with Gasteiger partial charge in [-0.2, -0.15) is 0 Å². The largest absolute Gasteiger partial charge is 0.491 e. The van der Waals surface area contributed by atoms with Crippen LogP contribution in [0.2, 0.25) is 0 Å². The van der Waals surface area contributed by atoms with Crippen LogP contribution in [0.3, 0.4) is 0 Å². The number of nitrogens with one attached hydrogen (secondary N) is 2. The molecule has 2 rings (SSSR count). The van der Waals surface area contributed by atoms with Crippen LogP contribution in [-0.2, 0) is 6.54 Å². The molecule has 0 amide bonds. The first kappa shape index (κ1) is 19.6. The predicted octanol–water partition coefficient (Wildman–Crippen LogP) is 2.93. The maximum absolute atomic E-state index is 5.96. The van der Waals surface area contributed by atoms with Gasteiger partial charge in [0.25, 0.3) is 0 Å². The Kier molecular flexibility index (Phi) is 7.56. The zero-order chi connectivity index (χ0) is 18.2. The van der Waals surface area contributed by atoms with E-state index in [-0.39, 0.29) is 6.10 Å². The molecule has 0 spiro atoms. The van der Waals surface area contributed by atoms with E-state index >= 15 is 0 Å². The van der Waals surface area contributed by atoms with Crippen LogP contribution in [0.25, 0.3) is 0 Å². The molecule has 1 fully saturated rings. The molecule has 1 aromatic rings. The molecule has 0 radical (unpaired) electrons. The monoisotopic (exact) mass is 346 g/mol. The van der Waals surface area contributed by atoms with Gasteiger partial charge in [0.2, 0.25) is 0 Å². The van der Waals surface area contributed by atoms with Crippen molar-refractivity contribution in [1.29, 1.82) is 0 Å². The molecule has 0 aliphatic carbocycles. The van der Waals surface area contributed by atoms with Gasteiger partial charge in [0, 0.05) is 24.7 Å². The third kappa shape index (κ3) is 6.24. The van der Waals surface area contributed by atoms with Crippen LogP contribution < -0.4 is 15.4 Å². The summed E-state index contributed by atoms with van der Waals surface area (Å²) in [6.45, 7) is 11.9. The van der Waals surface area contributed by atoms with Crippen LogP contribution in [0.5, 0.6) is 5.75 Å². The maximum atomic E-state index is 5.96. The first-order valence-corrected chi connectivity index (χ1v) is 9.48. The van der Waals surface area contributed by atoms with Gasteiger partial charge in [0.15, 0.2) is 5.96 Å². The average molecular weight is 347 g/mol. The summed E-state index contributed by atoms with van der Waals surface area (Å²) in [4.78, 5) is 7.18. The van der Waals surface area contributed by atoms with Gasteiger partial charge < -0.3 is 20.3 Å². The molecule has 0 bridgehead atoms. The third-order valence-corrected chi connectivity index (χ3v) is 4.51. The highest BCUT2D eigenvalue weighted by atomic mass is 16.5. The van der Waals surface area contributed by atoms with E-state index in [1.54, 1.807) is 0 Å². The standard InChI is InChI=1S/C20H34N4O/c1-6-21-20(23-14-18-8-7-11-24(18)5)22-13-17-10-9-16(4)12-19(17)25-15(2)3/h9-10,12,15,18H,6-8,11,13-14H2,1-5H3,(H2,21,22,23). The Labute approximate surface area is 152 Å². The van der Waals surface area contributed by atoms with Gasteiger partial charge in [-0.1, -0.05) is 12.1 Å². The van der Waals surface area contributed by atoms with Crippen molar-refractivity contribution in [3.05, 3.63) is 29.3 Å². The lowest BCUT2D eigenvalue weighted by Crippen LogP contribution is -2.44. The Morgan fingerprint density at radius 1 is 1.36 bits per heavy atom. The first-order chi connectivity index (χ1) is 12.0. The van der Waals surface area contributed by atoms with E-state index in [2.05, 4.69) is 68.5 Å². The second-order valence-corrected chi connectivity index (χ2v) is 7.13. The highest BCUT2D eigenvalue weighted by Gasteiger charge is 2.20. The summed E-state index contributed by atoms with van der Waals surface area (Å²) in [7, 11) is 2.20. The van der Waals surface area contributed by atoms with Crippen molar-refractivity contribution in [2.45, 2.75) is 59.2 Å². The van der Waals surface area contributed by atoms with Gasteiger partial charge in [-0.15, -0.1) is 0 Å². The number of benzene rings is 1. The number of nitrogens with zero attached hydrogens (tertiary/aromatic N) is 2. The van der Waals surface area contributed by atoms with Gasteiger partial charge in [0.05, 0.1) is 12.6 Å². The number of likely N-dealkylation sites (tertiary alicyclic amines) is 1. The zero-order valence-electron chi connectivity index (χ0n) is 16.4. The number of aliphatic imine (C=N–C) groups is 1. The normalized spacial score (nSPS) is 18.6. The Morgan fingerprint density at radius 3 is 2.80 bits per heavy atom. The van der Waals surface area contributed by atoms with E-state index in [4.69, 9.17) is 9.73 Å². The van der Waals surface area contributed by atoms with Crippen molar-refractivity contribution < 1.29 is 4.74 Å². The molecule has 0 aromatic heterocycles. The van der Waals surface area contributed by atoms with Crippen molar-refractivity contribution in [3.63, 3.8) is 0 Å². The van der Waals surface area contributed by atoms with E-state index in [9.17, 15) is 0 Å². The summed E-state index contributed by atoms with van der Waals surface area (Å²) in [5, 5.41) is 6.83. The van der Waals surface area contributed by atoms with Crippen molar-refractivity contribution in [2.75, 3.05) is 26.7 Å². The van der Waals surface area contributed by atoms with E-state index in [1.807, 2.05) is 0 Å². The summed E-state index contributed by atoms with van der Waals surface area (Å²) in [6, 6.07) is 6.93. The first-order valence-electron chi connectivity index (χ1n) is 9.48. The van der Waals surface area contributed by atoms with Crippen LogP contribution in [-0.4, -0.2) is 49.7 Å². The number of hydrogen-bond donors (Lipinski definition) is 2. The lowest BCUT2D eigenvalue weighted by Gasteiger charge is -2.21. The molecule has 0 saturated carbocycles. The summed E-state index contributed by atoms with van der Waals surface area (Å²) in [6.07, 6.45) is 2.71. The van der Waals surface area contributed by atoms with Gasteiger partial charge >= 0.3 is 0 Å². The Balaban J connectivity index is 2.02. The van der Waals surface area contributed by atoms with Crippen LogP contribution in [0.15, 0.2) is 23.2 Å². The number of guanidine groups is 1. The minimum Gasteiger partial charge on any atom is -0.491 e. The van der Waals surface area contributed by atoms with Crippen LogP contribution >= 0.6 is 0 Å². The summed E-state index contributed by atoms with van der Waals surface area (Å²) in [5.41, 5.74) is 2.33. The van der Waals surface area contributed by atoms with Crippen molar-refractivity contribution >= 4 is 5.96 Å². The molecule has 1 aliphatic heterocycles. The molecule has 140 valence electrons. The Morgan fingerprint density at radius 2 is 2.16 bits per heavy atom. The highest BCUT2D eigenvalue weighted by Crippen LogP contribution is 2.22. The topological polar surface area (TPSA) is 48.9 Å². The Hall–Kier alpha value is -1.75. The van der Waals surface area contributed by atoms with Gasteiger partial charge in [-0.25, -0.2) is 4.99 Å². The summed E-state index contributed by atoms with van der Waals surface area (Å²) < 4.78 is 5.96. The minimum atomic E-state index is 0.161. The van der Waals surface area contributed by atoms with Crippen molar-refractivity contribution in [1.82, 2.24) is 15.5 Å². The minimum absolute atomic E-state index is 0.161. The van der Waals surface area contributed by atoms with Gasteiger partial charge in [-0.05, 0) is 65.8 Å². The molecule has 25 heavy (non-hydrogen) atoms. The molecule has 2 N–H and O–H groups in total. The van der Waals surface area contributed by atoms with E-state index < -0.39 is 0 Å². The highest BCUT2D eigenvalue weighted by molar-refractivity contribution is 5.79. The number of likely N-dealkylation sites (N-methyl/N-ethyl adjacent to an activating group) is 1. The lowest BCUT2D eigenvalue weighted by atomic mass is 10.1. The molecule has 1 saturated heterocycles. The zero-order valence-corrected chi connectivity index (χ0v) is 16.4. The van der Waals surface area contributed by atoms with Gasteiger partial charge in [-0.3, -0.25) is 0 Å². The van der Waals surface area contributed by atoms with Crippen molar-refractivity contribution in [3.8, 4) is 5.75 Å². The van der Waals surface area contributed by atoms with Crippen LogP contribution in [0.4, 0.5) is 0 Å². The van der Waals surface area contributed by atoms with E-state index in [0.717, 1.165) is 30.4 Å². The fraction of sp³-hybridized carbons (Fsp3) is 0.650. The smallest absolute Gasteiger partial charge is 0.191 e. The SMILES string of the molecule is CCNC(=NCc1ccc(C)cc1OC(C)C)NCC1CCCN1C. The van der Waals surface area contributed by atoms with Gasteiger partial charge in [0.1, 0.15) is 5.75 Å². The lowest BCUT2D eigenvalue weighted by molar-refractivity contribution is 0.240. The summed E-state index contributed by atoms with van der Waals surface area (Å²) >= 11 is 0. The molecule has 1 aromatic carbocycles. The molecule has 1 heterocycles. The van der Waals surface area contributed by atoms with E-state index in [0.29, 0.717) is 12.6 Å². The second kappa shape index (κ2) is 9.66. The fourth-order valence-electron chi connectivity index (χ4n) is 3.11. The predicted molar refractivity (Wildman–Crippen MR) is 105 cm³/mol. The molecule has 5 heteroatoms. The Bertz CT molecular complexity index is 571. The maximum Gasteiger partial charge on any atom is 0.191 e. The molecular weight excluding hydrogens is 312 g/mol. The number of aryl methyl sites for hydroxylation is 1. The molecule has 1 atom stereocenters. The van der Waals surface area contributed by atoms with Crippen LogP contribution in [0, 0.1) is 6.92 Å². The van der Waals surface area contributed by atoms with E-state index in [1.165, 1.54) is 24.9 Å². The molecular formula is C20H34N4O. The fourth-order valence-corrected chi connectivity index (χ4v) is 3.11.